The summed E-state index contributed by atoms with van der Waals surface area (Å²) < 4.78 is 12.3. The van der Waals surface area contributed by atoms with Gasteiger partial charge in [-0.25, -0.2) is 4.79 Å². The number of esters is 1. The molecule has 2 rings (SSSR count). The van der Waals surface area contributed by atoms with Gasteiger partial charge in [0.2, 0.25) is 0 Å². The highest BCUT2D eigenvalue weighted by Gasteiger charge is 2.14. The van der Waals surface area contributed by atoms with Crippen molar-refractivity contribution in [2.45, 2.75) is 13.0 Å². The summed E-state index contributed by atoms with van der Waals surface area (Å²) in [4.78, 5) is 11.2. The van der Waals surface area contributed by atoms with Crippen LogP contribution in [0.15, 0.2) is 28.1 Å². The van der Waals surface area contributed by atoms with Crippen LogP contribution in [0.2, 0.25) is 0 Å². The van der Waals surface area contributed by atoms with Gasteiger partial charge in [-0.2, -0.15) is 0 Å². The summed E-state index contributed by atoms with van der Waals surface area (Å²) >= 11 is 5.17. The molecule has 2 aromatic rings. The summed E-state index contributed by atoms with van der Waals surface area (Å²) in [5, 5.41) is 3.16. The fraction of sp³-hybridized carbons (Fsp3) is 0.357. The summed E-state index contributed by atoms with van der Waals surface area (Å²) in [5.74, 6) is -0.363. The molecule has 0 saturated carbocycles. The molecular formula is C14H16BrNO3S. The Morgan fingerprint density at radius 2 is 2.30 bits per heavy atom. The highest BCUT2D eigenvalue weighted by molar-refractivity contribution is 9.10. The van der Waals surface area contributed by atoms with E-state index in [1.807, 2.05) is 23.6 Å². The average Bonchev–Trinajstić information content (AvgIpc) is 2.84. The Morgan fingerprint density at radius 3 is 3.05 bits per heavy atom. The van der Waals surface area contributed by atoms with Crippen LogP contribution in [0.1, 0.15) is 18.5 Å². The van der Waals surface area contributed by atoms with Crippen LogP contribution in [0, 0.1) is 0 Å². The van der Waals surface area contributed by atoms with Crippen LogP contribution in [-0.2, 0) is 14.3 Å². The van der Waals surface area contributed by atoms with Crippen LogP contribution in [0.3, 0.4) is 0 Å². The third kappa shape index (κ3) is 3.58. The van der Waals surface area contributed by atoms with Gasteiger partial charge in [0.05, 0.1) is 19.3 Å². The van der Waals surface area contributed by atoms with Crippen LogP contribution in [-0.4, -0.2) is 25.8 Å². The molecule has 1 unspecified atom stereocenters. The lowest BCUT2D eigenvalue weighted by Crippen LogP contribution is -2.20. The van der Waals surface area contributed by atoms with E-state index in [2.05, 4.69) is 15.9 Å². The second kappa shape index (κ2) is 7.17. The van der Waals surface area contributed by atoms with Crippen molar-refractivity contribution in [2.24, 2.45) is 5.73 Å². The number of halogens is 1. The number of nitrogens with two attached hydrogens (primary N) is 1. The molecule has 1 atom stereocenters. The van der Waals surface area contributed by atoms with Crippen LogP contribution in [0.5, 0.6) is 0 Å². The molecule has 0 radical (unpaired) electrons. The molecule has 0 bridgehead atoms. The Balaban J connectivity index is 1.99. The number of carbonyl (C=O) groups is 1. The van der Waals surface area contributed by atoms with Gasteiger partial charge in [0.15, 0.2) is 0 Å². The van der Waals surface area contributed by atoms with E-state index in [1.54, 1.807) is 18.3 Å². The topological polar surface area (TPSA) is 61.5 Å². The lowest BCUT2D eigenvalue weighted by Gasteiger charge is -2.11. The van der Waals surface area contributed by atoms with E-state index < -0.39 is 0 Å². The fourth-order valence-corrected chi connectivity index (χ4v) is 3.58. The molecule has 1 heterocycles. The Bertz CT molecular complexity index is 599. The number of ether oxygens (including phenoxy) is 2. The normalized spacial score (nSPS) is 12.6. The van der Waals surface area contributed by atoms with Crippen molar-refractivity contribution in [3.63, 3.8) is 0 Å². The van der Waals surface area contributed by atoms with Gasteiger partial charge in [0.25, 0.3) is 0 Å². The van der Waals surface area contributed by atoms with Crippen LogP contribution >= 0.6 is 27.3 Å². The van der Waals surface area contributed by atoms with E-state index in [-0.39, 0.29) is 25.2 Å². The third-order valence-electron chi connectivity index (χ3n) is 2.80. The van der Waals surface area contributed by atoms with Gasteiger partial charge < -0.3 is 15.2 Å². The summed E-state index contributed by atoms with van der Waals surface area (Å²) in [7, 11) is 0. The molecule has 4 nitrogen and oxygen atoms in total. The zero-order valence-corrected chi connectivity index (χ0v) is 13.5. The van der Waals surface area contributed by atoms with Crippen LogP contribution in [0.25, 0.3) is 10.1 Å². The first-order valence-electron chi connectivity index (χ1n) is 6.28. The first-order valence-corrected chi connectivity index (χ1v) is 7.95. The molecule has 108 valence electrons. The van der Waals surface area contributed by atoms with Crippen LogP contribution < -0.4 is 5.73 Å². The first kappa shape index (κ1) is 15.4. The quantitative estimate of drug-likeness (QED) is 0.806. The number of hydrogen-bond donors (Lipinski definition) is 1. The maximum Gasteiger partial charge on any atom is 0.332 e. The molecule has 0 saturated heterocycles. The fourth-order valence-electron chi connectivity index (χ4n) is 1.89. The Morgan fingerprint density at radius 1 is 1.50 bits per heavy atom. The minimum absolute atomic E-state index is 0.0622. The third-order valence-corrected chi connectivity index (χ3v) is 4.77. The highest BCUT2D eigenvalue weighted by Crippen LogP contribution is 2.34. The molecular weight excluding hydrogens is 342 g/mol. The Kier molecular flexibility index (Phi) is 5.54. The number of carbonyl (C=O) groups excluding carboxylic acids is 1. The maximum atomic E-state index is 11.2. The van der Waals surface area contributed by atoms with Crippen molar-refractivity contribution in [1.29, 1.82) is 0 Å². The molecule has 0 spiro atoms. The van der Waals surface area contributed by atoms with Gasteiger partial charge in [0, 0.05) is 9.17 Å². The van der Waals surface area contributed by atoms with E-state index in [1.165, 1.54) is 4.70 Å². The Hall–Kier alpha value is -0.950. The lowest BCUT2D eigenvalue weighted by atomic mass is 10.1. The minimum atomic E-state index is -0.363. The Labute approximate surface area is 130 Å². The number of fused-ring (bicyclic) bond motifs is 1. The molecule has 1 aromatic heterocycles. The SMILES string of the molecule is CCOC(=O)COCC(N)c1csc2c(Br)cccc12. The van der Waals surface area contributed by atoms with E-state index >= 15 is 0 Å². The summed E-state index contributed by atoms with van der Waals surface area (Å²) in [6.07, 6.45) is 0. The lowest BCUT2D eigenvalue weighted by molar-refractivity contribution is -0.148. The second-order valence-electron chi connectivity index (χ2n) is 4.23. The van der Waals surface area contributed by atoms with Crippen molar-refractivity contribution in [1.82, 2.24) is 0 Å². The van der Waals surface area contributed by atoms with Gasteiger partial charge in [-0.3, -0.25) is 0 Å². The number of rotatable bonds is 6. The summed E-state index contributed by atoms with van der Waals surface area (Å²) in [6, 6.07) is 5.77. The molecule has 20 heavy (non-hydrogen) atoms. The molecule has 0 amide bonds. The predicted molar refractivity (Wildman–Crippen MR) is 83.9 cm³/mol. The average molecular weight is 358 g/mol. The largest absolute Gasteiger partial charge is 0.464 e. The van der Waals surface area contributed by atoms with E-state index in [0.717, 1.165) is 15.4 Å². The van der Waals surface area contributed by atoms with Gasteiger partial charge in [0.1, 0.15) is 6.61 Å². The first-order chi connectivity index (χ1) is 9.63. The molecule has 0 aliphatic heterocycles. The summed E-state index contributed by atoms with van der Waals surface area (Å²) in [6.45, 7) is 2.35. The number of thiophene rings is 1. The minimum Gasteiger partial charge on any atom is -0.464 e. The highest BCUT2D eigenvalue weighted by atomic mass is 79.9. The zero-order chi connectivity index (χ0) is 14.5. The smallest absolute Gasteiger partial charge is 0.332 e. The van der Waals surface area contributed by atoms with Crippen molar-refractivity contribution in [3.05, 3.63) is 33.6 Å². The van der Waals surface area contributed by atoms with Gasteiger partial charge in [-0.1, -0.05) is 12.1 Å². The molecule has 2 N–H and O–H groups in total. The number of benzene rings is 1. The van der Waals surface area contributed by atoms with Crippen molar-refractivity contribution >= 4 is 43.3 Å². The number of hydrogen-bond acceptors (Lipinski definition) is 5. The maximum absolute atomic E-state index is 11.2. The van der Waals surface area contributed by atoms with Gasteiger partial charge >= 0.3 is 5.97 Å². The van der Waals surface area contributed by atoms with Crippen molar-refractivity contribution in [2.75, 3.05) is 19.8 Å². The molecule has 1 aromatic carbocycles. The second-order valence-corrected chi connectivity index (χ2v) is 5.97. The van der Waals surface area contributed by atoms with Gasteiger partial charge in [-0.05, 0) is 45.2 Å². The molecule has 6 heteroatoms. The molecule has 0 fully saturated rings. The predicted octanol–water partition coefficient (Wildman–Crippen LogP) is 3.24. The van der Waals surface area contributed by atoms with Crippen LogP contribution in [0.4, 0.5) is 0 Å². The van der Waals surface area contributed by atoms with E-state index in [9.17, 15) is 4.79 Å². The molecule has 0 aliphatic rings. The monoisotopic (exact) mass is 357 g/mol. The standard InChI is InChI=1S/C14H16BrNO3S/c1-2-19-13(17)7-18-6-12(16)10-8-20-14-9(10)4-3-5-11(14)15/h3-5,8,12H,2,6-7,16H2,1H3. The van der Waals surface area contributed by atoms with Gasteiger partial charge in [-0.15, -0.1) is 11.3 Å². The van der Waals surface area contributed by atoms with Crippen molar-refractivity contribution < 1.29 is 14.3 Å². The van der Waals surface area contributed by atoms with E-state index in [0.29, 0.717) is 6.61 Å². The van der Waals surface area contributed by atoms with E-state index in [4.69, 9.17) is 15.2 Å². The zero-order valence-electron chi connectivity index (χ0n) is 11.1. The molecule has 0 aliphatic carbocycles. The summed E-state index contributed by atoms with van der Waals surface area (Å²) in [5.41, 5.74) is 7.17. The van der Waals surface area contributed by atoms with Crippen molar-refractivity contribution in [3.8, 4) is 0 Å².